The van der Waals surface area contributed by atoms with Crippen LogP contribution in [0.4, 0.5) is 21.5 Å². The number of hydrogen-bond donors (Lipinski definition) is 0. The van der Waals surface area contributed by atoms with Crippen LogP contribution in [-0.4, -0.2) is 6.71 Å². The number of halogens is 1. The SMILES string of the molecule is CC1(C)c2ccccc2N2c3cc(-c4ccc(F)cc4)cc4c3B(c3cccc5c3CC4CCc3ccccc3-5)c3cccc1c32. The van der Waals surface area contributed by atoms with Crippen molar-refractivity contribution in [1.29, 1.82) is 0 Å². The molecular formula is C43H33BFN. The van der Waals surface area contributed by atoms with Crippen LogP contribution >= 0.6 is 0 Å². The monoisotopic (exact) mass is 593 g/mol. The molecule has 6 aromatic rings. The summed E-state index contributed by atoms with van der Waals surface area (Å²) in [5.74, 6) is 0.168. The Bertz CT molecular complexity index is 2250. The number of para-hydroxylation sites is 2. The van der Waals surface area contributed by atoms with Crippen LogP contribution < -0.4 is 21.3 Å². The van der Waals surface area contributed by atoms with Crippen LogP contribution in [0.3, 0.4) is 0 Å². The lowest BCUT2D eigenvalue weighted by molar-refractivity contribution is 0.623. The van der Waals surface area contributed by atoms with E-state index < -0.39 is 0 Å². The van der Waals surface area contributed by atoms with Gasteiger partial charge in [-0.25, -0.2) is 4.39 Å². The molecule has 3 aliphatic heterocycles. The van der Waals surface area contributed by atoms with Crippen LogP contribution in [0.2, 0.25) is 0 Å². The van der Waals surface area contributed by atoms with Gasteiger partial charge < -0.3 is 4.90 Å². The maximum atomic E-state index is 14.2. The number of aryl methyl sites for hydroxylation is 1. The molecule has 1 unspecified atom stereocenters. The lowest BCUT2D eigenvalue weighted by atomic mass is 9.33. The molecule has 10 rings (SSSR count). The van der Waals surface area contributed by atoms with Crippen molar-refractivity contribution < 1.29 is 4.39 Å². The van der Waals surface area contributed by atoms with E-state index in [4.69, 9.17) is 0 Å². The van der Waals surface area contributed by atoms with Crippen LogP contribution in [0, 0.1) is 5.82 Å². The number of anilines is 3. The Balaban J connectivity index is 1.36. The van der Waals surface area contributed by atoms with Crippen LogP contribution in [0.1, 0.15) is 54.0 Å². The topological polar surface area (TPSA) is 3.24 Å². The Hall–Kier alpha value is -4.89. The van der Waals surface area contributed by atoms with Gasteiger partial charge in [0, 0.05) is 16.8 Å². The number of fused-ring (bicyclic) bond motifs is 9. The number of hydrogen-bond acceptors (Lipinski definition) is 1. The third kappa shape index (κ3) is 3.46. The van der Waals surface area contributed by atoms with E-state index in [0.717, 1.165) is 30.4 Å². The third-order valence-corrected chi connectivity index (χ3v) is 11.5. The largest absolute Gasteiger partial charge is 0.311 e. The fourth-order valence-corrected chi connectivity index (χ4v) is 9.35. The van der Waals surface area contributed by atoms with Crippen molar-refractivity contribution in [3.8, 4) is 22.3 Å². The van der Waals surface area contributed by atoms with Gasteiger partial charge in [0.15, 0.2) is 0 Å². The van der Waals surface area contributed by atoms with E-state index >= 15 is 0 Å². The first-order chi connectivity index (χ1) is 22.5. The van der Waals surface area contributed by atoms with Gasteiger partial charge in [0.25, 0.3) is 0 Å². The zero-order valence-corrected chi connectivity index (χ0v) is 26.1. The Morgan fingerprint density at radius 1 is 0.696 bits per heavy atom. The van der Waals surface area contributed by atoms with Gasteiger partial charge in [0.05, 0.1) is 5.69 Å². The molecule has 4 aliphatic rings. The average molecular weight is 594 g/mol. The van der Waals surface area contributed by atoms with Gasteiger partial charge in [-0.2, -0.15) is 0 Å². The van der Waals surface area contributed by atoms with Crippen LogP contribution in [0.5, 0.6) is 0 Å². The average Bonchev–Trinajstić information content (AvgIpc) is 3.22. The maximum Gasteiger partial charge on any atom is 0.247 e. The van der Waals surface area contributed by atoms with Gasteiger partial charge in [-0.3, -0.25) is 0 Å². The second-order valence-corrected chi connectivity index (χ2v) is 14.1. The van der Waals surface area contributed by atoms with E-state index in [2.05, 4.69) is 116 Å². The number of rotatable bonds is 1. The van der Waals surface area contributed by atoms with Gasteiger partial charge in [0.1, 0.15) is 5.82 Å². The van der Waals surface area contributed by atoms with E-state index in [-0.39, 0.29) is 17.9 Å². The normalized spacial score (nSPS) is 17.5. The van der Waals surface area contributed by atoms with Crippen molar-refractivity contribution in [2.45, 2.75) is 44.4 Å². The molecule has 0 fully saturated rings. The standard InChI is InChI=1S/C43H33BFN/c1-43(2)35-12-5-6-16-39(35)46-40-25-29(26-19-21-30(45)22-20-26)24-33-28-18-17-27-9-3-4-10-31(27)32-11-7-14-37(34(32)23-28)44(41(33)40)38-15-8-13-36(43)42(38)46/h3-16,19-22,24-25,28H,17-18,23H2,1-2H3. The fraction of sp³-hybridized carbons (Fsp3) is 0.163. The first-order valence-corrected chi connectivity index (χ1v) is 16.7. The van der Waals surface area contributed by atoms with Crippen LogP contribution in [0.15, 0.2) is 121 Å². The first-order valence-electron chi connectivity index (χ1n) is 16.7. The van der Waals surface area contributed by atoms with Crippen molar-refractivity contribution in [3.63, 3.8) is 0 Å². The summed E-state index contributed by atoms with van der Waals surface area (Å²) in [6.07, 6.45) is 3.16. The highest BCUT2D eigenvalue weighted by molar-refractivity contribution is 6.98. The minimum atomic E-state index is -0.202. The molecule has 6 aromatic carbocycles. The van der Waals surface area contributed by atoms with E-state index in [1.54, 1.807) is 12.1 Å². The molecule has 0 saturated carbocycles. The molecule has 46 heavy (non-hydrogen) atoms. The van der Waals surface area contributed by atoms with E-state index in [9.17, 15) is 4.39 Å². The first kappa shape index (κ1) is 26.3. The zero-order chi connectivity index (χ0) is 30.7. The van der Waals surface area contributed by atoms with Crippen molar-refractivity contribution in [1.82, 2.24) is 0 Å². The molecule has 0 spiro atoms. The lowest BCUT2D eigenvalue weighted by Crippen LogP contribution is -2.59. The molecule has 0 N–H and O–H groups in total. The highest BCUT2D eigenvalue weighted by Crippen LogP contribution is 2.53. The smallest absolute Gasteiger partial charge is 0.247 e. The molecule has 0 saturated heterocycles. The van der Waals surface area contributed by atoms with E-state index in [0.29, 0.717) is 5.92 Å². The quantitative estimate of drug-likeness (QED) is 0.172. The van der Waals surface area contributed by atoms with Crippen LogP contribution in [-0.2, 0) is 18.3 Å². The molecule has 0 amide bonds. The highest BCUT2D eigenvalue weighted by Gasteiger charge is 2.47. The number of nitrogens with zero attached hydrogens (tertiary/aromatic N) is 1. The van der Waals surface area contributed by atoms with Crippen molar-refractivity contribution in [2.75, 3.05) is 4.90 Å². The van der Waals surface area contributed by atoms with Gasteiger partial charge in [-0.1, -0.05) is 116 Å². The second-order valence-electron chi connectivity index (χ2n) is 14.1. The molecule has 1 nitrogen and oxygen atoms in total. The predicted octanol–water partition coefficient (Wildman–Crippen LogP) is 8.68. The summed E-state index contributed by atoms with van der Waals surface area (Å²) in [7, 11) is 0. The molecule has 2 bridgehead atoms. The molecular weight excluding hydrogens is 560 g/mol. The highest BCUT2D eigenvalue weighted by atomic mass is 19.1. The number of benzene rings is 6. The Morgan fingerprint density at radius 3 is 2.33 bits per heavy atom. The molecule has 1 aliphatic carbocycles. The summed E-state index contributed by atoms with van der Waals surface area (Å²) < 4.78 is 14.2. The molecule has 1 atom stereocenters. The summed E-state index contributed by atoms with van der Waals surface area (Å²) in [5, 5.41) is 0. The van der Waals surface area contributed by atoms with E-state index in [1.807, 2.05) is 12.1 Å². The molecule has 220 valence electrons. The van der Waals surface area contributed by atoms with Crippen molar-refractivity contribution in [2.24, 2.45) is 0 Å². The molecule has 3 heteroatoms. The third-order valence-electron chi connectivity index (χ3n) is 11.5. The maximum absolute atomic E-state index is 14.2. The minimum absolute atomic E-state index is 0.129. The van der Waals surface area contributed by atoms with E-state index in [1.165, 1.54) is 72.4 Å². The van der Waals surface area contributed by atoms with Gasteiger partial charge in [-0.15, -0.1) is 0 Å². The lowest BCUT2D eigenvalue weighted by Gasteiger charge is -2.47. The summed E-state index contributed by atoms with van der Waals surface area (Å²) >= 11 is 0. The van der Waals surface area contributed by atoms with Crippen molar-refractivity contribution in [3.05, 3.63) is 155 Å². The Morgan fingerprint density at radius 2 is 1.43 bits per heavy atom. The summed E-state index contributed by atoms with van der Waals surface area (Å²) in [4.78, 5) is 2.58. The second kappa shape index (κ2) is 9.33. The van der Waals surface area contributed by atoms with Crippen molar-refractivity contribution >= 4 is 40.2 Å². The van der Waals surface area contributed by atoms with Crippen LogP contribution in [0.25, 0.3) is 22.3 Å². The Labute approximate surface area is 270 Å². The van der Waals surface area contributed by atoms with Gasteiger partial charge in [-0.05, 0) is 110 Å². The summed E-state index contributed by atoms with van der Waals surface area (Å²) in [6.45, 7) is 4.89. The molecule has 0 aromatic heterocycles. The minimum Gasteiger partial charge on any atom is -0.311 e. The van der Waals surface area contributed by atoms with Gasteiger partial charge >= 0.3 is 0 Å². The summed E-state index contributed by atoms with van der Waals surface area (Å²) in [5.41, 5.74) is 20.1. The predicted molar refractivity (Wildman–Crippen MR) is 190 cm³/mol. The van der Waals surface area contributed by atoms with Gasteiger partial charge in [0.2, 0.25) is 6.71 Å². The summed E-state index contributed by atoms with van der Waals surface area (Å²) in [6, 6.07) is 44.0. The fourth-order valence-electron chi connectivity index (χ4n) is 9.35. The molecule has 0 radical (unpaired) electrons. The molecule has 3 heterocycles. The Kier molecular flexibility index (Phi) is 5.34. The zero-order valence-electron chi connectivity index (χ0n) is 26.1.